The van der Waals surface area contributed by atoms with Gasteiger partial charge in [-0.05, 0) is 42.8 Å². The van der Waals surface area contributed by atoms with Gasteiger partial charge in [-0.3, -0.25) is 9.10 Å². The van der Waals surface area contributed by atoms with E-state index in [9.17, 15) is 13.2 Å². The summed E-state index contributed by atoms with van der Waals surface area (Å²) in [7, 11) is -2.11. The number of hydrogen-bond acceptors (Lipinski definition) is 4. The van der Waals surface area contributed by atoms with Gasteiger partial charge >= 0.3 is 0 Å². The number of carbonyl (C=O) groups excluding carboxylic acids is 1. The van der Waals surface area contributed by atoms with Gasteiger partial charge in [-0.2, -0.15) is 0 Å². The van der Waals surface area contributed by atoms with Crippen molar-refractivity contribution < 1.29 is 17.9 Å². The second-order valence-electron chi connectivity index (χ2n) is 5.84. The predicted molar refractivity (Wildman–Crippen MR) is 104 cm³/mol. The first-order valence-electron chi connectivity index (χ1n) is 7.86. The summed E-state index contributed by atoms with van der Waals surface area (Å²) in [6, 6.07) is 12.6. The highest BCUT2D eigenvalue weighted by molar-refractivity contribution is 7.92. The van der Waals surface area contributed by atoms with Gasteiger partial charge in [0.1, 0.15) is 6.04 Å². The fraction of sp³-hybridized carbons (Fsp3) is 0.278. The van der Waals surface area contributed by atoms with E-state index in [1.807, 2.05) is 6.07 Å². The predicted octanol–water partition coefficient (Wildman–Crippen LogP) is 3.28. The van der Waals surface area contributed by atoms with Crippen molar-refractivity contribution in [2.24, 2.45) is 0 Å². The summed E-state index contributed by atoms with van der Waals surface area (Å²) in [6.45, 7) is 1.94. The first-order valence-corrected chi connectivity index (χ1v) is 10.1. The zero-order chi connectivity index (χ0) is 19.3. The summed E-state index contributed by atoms with van der Waals surface area (Å²) < 4.78 is 30.7. The highest BCUT2D eigenvalue weighted by Crippen LogP contribution is 2.24. The van der Waals surface area contributed by atoms with Crippen molar-refractivity contribution in [2.45, 2.75) is 19.6 Å². The molecule has 0 saturated heterocycles. The van der Waals surface area contributed by atoms with Crippen LogP contribution in [0.2, 0.25) is 5.02 Å². The molecule has 0 spiro atoms. The Morgan fingerprint density at radius 2 is 1.92 bits per heavy atom. The quantitative estimate of drug-likeness (QED) is 0.779. The van der Waals surface area contributed by atoms with Crippen LogP contribution in [0, 0.1) is 0 Å². The lowest BCUT2D eigenvalue weighted by Crippen LogP contribution is -2.45. The molecule has 0 bridgehead atoms. The van der Waals surface area contributed by atoms with E-state index in [4.69, 9.17) is 16.3 Å². The van der Waals surface area contributed by atoms with Gasteiger partial charge in [0.15, 0.2) is 0 Å². The molecule has 0 saturated carbocycles. The molecular weight excluding hydrogens is 376 g/mol. The molecule has 0 aromatic heterocycles. The zero-order valence-electron chi connectivity index (χ0n) is 14.8. The van der Waals surface area contributed by atoms with E-state index >= 15 is 0 Å². The monoisotopic (exact) mass is 396 g/mol. The van der Waals surface area contributed by atoms with E-state index < -0.39 is 22.0 Å². The van der Waals surface area contributed by atoms with Crippen LogP contribution in [0.15, 0.2) is 48.5 Å². The van der Waals surface area contributed by atoms with E-state index in [2.05, 4.69) is 5.32 Å². The Hall–Kier alpha value is -2.09. The summed E-state index contributed by atoms with van der Waals surface area (Å²) >= 11 is 5.97. The Morgan fingerprint density at radius 3 is 2.54 bits per heavy atom. The number of nitrogens with zero attached hydrogens (tertiary/aromatic N) is 1. The van der Waals surface area contributed by atoms with Crippen molar-refractivity contribution >= 4 is 38.9 Å². The van der Waals surface area contributed by atoms with Crippen LogP contribution in [0.25, 0.3) is 0 Å². The third-order valence-corrected chi connectivity index (χ3v) is 5.13. The number of sulfonamides is 1. The van der Waals surface area contributed by atoms with Gasteiger partial charge in [0.2, 0.25) is 15.9 Å². The first kappa shape index (κ1) is 20.2. The average molecular weight is 397 g/mol. The van der Waals surface area contributed by atoms with Gasteiger partial charge in [0.25, 0.3) is 0 Å². The van der Waals surface area contributed by atoms with Crippen LogP contribution < -0.4 is 9.62 Å². The smallest absolute Gasteiger partial charge is 0.247 e. The van der Waals surface area contributed by atoms with Crippen LogP contribution in [0.4, 0.5) is 11.4 Å². The maximum atomic E-state index is 12.6. The number of hydrogen-bond donors (Lipinski definition) is 1. The Kier molecular flexibility index (Phi) is 6.63. The molecule has 1 N–H and O–H groups in total. The molecule has 0 aliphatic heterocycles. The van der Waals surface area contributed by atoms with Crippen LogP contribution in [0.1, 0.15) is 12.5 Å². The minimum atomic E-state index is -3.69. The van der Waals surface area contributed by atoms with Crippen LogP contribution in [0.3, 0.4) is 0 Å². The van der Waals surface area contributed by atoms with Gasteiger partial charge < -0.3 is 10.1 Å². The van der Waals surface area contributed by atoms with Crippen molar-refractivity contribution in [3.8, 4) is 0 Å². The zero-order valence-corrected chi connectivity index (χ0v) is 16.3. The summed E-state index contributed by atoms with van der Waals surface area (Å²) in [5.74, 6) is -0.454. The second kappa shape index (κ2) is 8.53. The minimum absolute atomic E-state index is 0.329. The molecule has 0 fully saturated rings. The third-order valence-electron chi connectivity index (χ3n) is 3.66. The molecular formula is C18H21ClN2O4S. The van der Waals surface area contributed by atoms with Gasteiger partial charge in [-0.15, -0.1) is 0 Å². The number of amides is 1. The molecule has 0 heterocycles. The van der Waals surface area contributed by atoms with E-state index in [0.29, 0.717) is 23.0 Å². The summed E-state index contributed by atoms with van der Waals surface area (Å²) in [5.41, 5.74) is 1.79. The molecule has 0 aliphatic rings. The lowest BCUT2D eigenvalue weighted by Gasteiger charge is -2.28. The molecule has 26 heavy (non-hydrogen) atoms. The molecule has 1 amide bonds. The molecule has 0 aliphatic carbocycles. The number of benzene rings is 2. The third kappa shape index (κ3) is 5.20. The van der Waals surface area contributed by atoms with E-state index in [1.165, 1.54) is 13.0 Å². The summed E-state index contributed by atoms with van der Waals surface area (Å²) in [4.78, 5) is 12.6. The van der Waals surface area contributed by atoms with Gasteiger partial charge in [-0.1, -0.05) is 29.8 Å². The lowest BCUT2D eigenvalue weighted by molar-refractivity contribution is -0.116. The molecule has 140 valence electrons. The molecule has 1 atom stereocenters. The fourth-order valence-corrected chi connectivity index (χ4v) is 3.93. The van der Waals surface area contributed by atoms with Crippen LogP contribution in [-0.4, -0.2) is 33.7 Å². The summed E-state index contributed by atoms with van der Waals surface area (Å²) in [6.07, 6.45) is 1.05. The maximum absolute atomic E-state index is 12.6. The Labute approximate surface area is 158 Å². The van der Waals surface area contributed by atoms with E-state index in [1.54, 1.807) is 43.5 Å². The minimum Gasteiger partial charge on any atom is -0.380 e. The standard InChI is InChI=1S/C18H21ClN2O4S/c1-13(18(22)20-16-8-4-6-14(10-16)12-25-2)21(26(3,23)24)17-9-5-7-15(19)11-17/h4-11,13H,12H2,1-3H3,(H,20,22). The van der Waals surface area contributed by atoms with E-state index in [-0.39, 0.29) is 0 Å². The highest BCUT2D eigenvalue weighted by Gasteiger charge is 2.29. The number of rotatable bonds is 7. The molecule has 1 unspecified atom stereocenters. The van der Waals surface area contributed by atoms with Crippen molar-refractivity contribution in [3.05, 3.63) is 59.1 Å². The Morgan fingerprint density at radius 1 is 1.23 bits per heavy atom. The van der Waals surface area contributed by atoms with Gasteiger partial charge in [0.05, 0.1) is 18.6 Å². The van der Waals surface area contributed by atoms with Crippen LogP contribution in [-0.2, 0) is 26.2 Å². The van der Waals surface area contributed by atoms with Crippen molar-refractivity contribution in [3.63, 3.8) is 0 Å². The van der Waals surface area contributed by atoms with Crippen molar-refractivity contribution in [2.75, 3.05) is 23.0 Å². The average Bonchev–Trinajstić information content (AvgIpc) is 2.54. The molecule has 2 aromatic rings. The maximum Gasteiger partial charge on any atom is 0.247 e. The number of halogens is 1. The lowest BCUT2D eigenvalue weighted by atomic mass is 10.2. The molecule has 2 rings (SSSR count). The largest absolute Gasteiger partial charge is 0.380 e. The topological polar surface area (TPSA) is 75.7 Å². The van der Waals surface area contributed by atoms with Crippen molar-refractivity contribution in [1.82, 2.24) is 0 Å². The number of methoxy groups -OCH3 is 1. The fourth-order valence-electron chi connectivity index (χ4n) is 2.57. The SMILES string of the molecule is COCc1cccc(NC(=O)C(C)N(c2cccc(Cl)c2)S(C)(=O)=O)c1. The molecule has 6 nitrogen and oxygen atoms in total. The van der Waals surface area contributed by atoms with Crippen molar-refractivity contribution in [1.29, 1.82) is 0 Å². The number of anilines is 2. The summed E-state index contributed by atoms with van der Waals surface area (Å²) in [5, 5.41) is 3.13. The van der Waals surface area contributed by atoms with E-state index in [0.717, 1.165) is 16.1 Å². The Balaban J connectivity index is 2.27. The van der Waals surface area contributed by atoms with Crippen LogP contribution >= 0.6 is 11.6 Å². The Bertz CT molecular complexity index is 886. The van der Waals surface area contributed by atoms with Gasteiger partial charge in [0, 0.05) is 17.8 Å². The molecule has 2 aromatic carbocycles. The number of carbonyl (C=O) groups is 1. The number of nitrogens with one attached hydrogen (secondary N) is 1. The van der Waals surface area contributed by atoms with Crippen LogP contribution in [0.5, 0.6) is 0 Å². The first-order chi connectivity index (χ1) is 12.2. The van der Waals surface area contributed by atoms with Gasteiger partial charge in [-0.25, -0.2) is 8.42 Å². The second-order valence-corrected chi connectivity index (χ2v) is 8.13. The highest BCUT2D eigenvalue weighted by atomic mass is 35.5. The number of ether oxygens (including phenoxy) is 1. The molecule has 8 heteroatoms. The molecule has 0 radical (unpaired) electrons. The normalized spacial score (nSPS) is 12.5.